The molecule has 0 bridgehead atoms. The molecule has 1 unspecified atom stereocenters. The fourth-order valence-corrected chi connectivity index (χ4v) is 3.09. The van der Waals surface area contributed by atoms with Crippen molar-refractivity contribution in [3.05, 3.63) is 88.9 Å². The third kappa shape index (κ3) is 3.34. The first kappa shape index (κ1) is 18.4. The Morgan fingerprint density at radius 3 is 2.21 bits per heavy atom. The number of furan rings is 1. The summed E-state index contributed by atoms with van der Waals surface area (Å²) in [7, 11) is 0. The second-order valence-corrected chi connectivity index (χ2v) is 6.48. The zero-order valence-corrected chi connectivity index (χ0v) is 15.3. The lowest BCUT2D eigenvalue weighted by Crippen LogP contribution is -2.30. The van der Waals surface area contributed by atoms with Crippen LogP contribution in [0.2, 0.25) is 0 Å². The molecule has 0 spiro atoms. The van der Waals surface area contributed by atoms with E-state index in [0.29, 0.717) is 16.8 Å². The molecule has 0 saturated heterocycles. The van der Waals surface area contributed by atoms with Crippen molar-refractivity contribution in [2.45, 2.75) is 13.0 Å². The number of carbonyl (C=O) groups excluding carboxylic acids is 4. The van der Waals surface area contributed by atoms with Crippen molar-refractivity contribution in [2.24, 2.45) is 0 Å². The van der Waals surface area contributed by atoms with Crippen LogP contribution in [0.5, 0.6) is 0 Å². The monoisotopic (exact) mass is 389 g/mol. The van der Waals surface area contributed by atoms with Crippen molar-refractivity contribution in [1.29, 1.82) is 0 Å². The van der Waals surface area contributed by atoms with E-state index in [1.807, 2.05) is 0 Å². The van der Waals surface area contributed by atoms with E-state index in [1.54, 1.807) is 24.3 Å². The molecular weight excluding hydrogens is 374 g/mol. The molecule has 29 heavy (non-hydrogen) atoms. The van der Waals surface area contributed by atoms with Crippen molar-refractivity contribution >= 4 is 29.1 Å². The Morgan fingerprint density at radius 1 is 0.897 bits per heavy atom. The van der Waals surface area contributed by atoms with Gasteiger partial charge in [0.05, 0.1) is 6.26 Å². The average molecular weight is 389 g/mol. The highest BCUT2D eigenvalue weighted by Crippen LogP contribution is 2.29. The number of ketones is 2. The molecule has 7 heteroatoms. The Hall–Kier alpha value is -4.00. The van der Waals surface area contributed by atoms with Crippen molar-refractivity contribution in [3.8, 4) is 0 Å². The first-order valence-electron chi connectivity index (χ1n) is 8.83. The van der Waals surface area contributed by atoms with Crippen molar-refractivity contribution in [3.63, 3.8) is 0 Å². The summed E-state index contributed by atoms with van der Waals surface area (Å²) >= 11 is 0. The van der Waals surface area contributed by atoms with Gasteiger partial charge < -0.3 is 14.5 Å². The lowest BCUT2D eigenvalue weighted by atomic mass is 9.84. The minimum Gasteiger partial charge on any atom is -0.457 e. The van der Waals surface area contributed by atoms with Gasteiger partial charge in [0.25, 0.3) is 5.91 Å². The number of ether oxygens (including phenoxy) is 1. The molecule has 1 aromatic heterocycles. The van der Waals surface area contributed by atoms with Gasteiger partial charge in [-0.25, -0.2) is 4.79 Å². The number of carbonyl (C=O) groups is 4. The Labute approximate surface area is 165 Å². The van der Waals surface area contributed by atoms with Crippen LogP contribution in [-0.2, 0) is 9.53 Å². The van der Waals surface area contributed by atoms with E-state index >= 15 is 0 Å². The van der Waals surface area contributed by atoms with Gasteiger partial charge in [0.2, 0.25) is 5.76 Å². The zero-order chi connectivity index (χ0) is 20.5. The molecule has 7 nitrogen and oxygen atoms in total. The van der Waals surface area contributed by atoms with Crippen LogP contribution >= 0.6 is 0 Å². The topological polar surface area (TPSA) is 103 Å². The summed E-state index contributed by atoms with van der Waals surface area (Å²) in [4.78, 5) is 49.6. The molecule has 1 amide bonds. The number of fused-ring (bicyclic) bond motifs is 2. The molecule has 1 aliphatic rings. The minimum atomic E-state index is -1.10. The SMILES string of the molecule is CC(OC(=O)c1ccco1)C(=O)Nc1ccc2c(c1)C(=O)c1ccccc1C2=O. The van der Waals surface area contributed by atoms with E-state index in [2.05, 4.69) is 5.32 Å². The summed E-state index contributed by atoms with van der Waals surface area (Å²) in [6, 6.07) is 14.0. The Morgan fingerprint density at radius 2 is 1.55 bits per heavy atom. The molecule has 1 aliphatic carbocycles. The third-order valence-electron chi connectivity index (χ3n) is 4.57. The Balaban J connectivity index is 1.52. The molecule has 0 saturated carbocycles. The first-order valence-corrected chi connectivity index (χ1v) is 8.83. The van der Waals surface area contributed by atoms with Gasteiger partial charge in [-0.2, -0.15) is 0 Å². The molecule has 1 N–H and O–H groups in total. The summed E-state index contributed by atoms with van der Waals surface area (Å²) in [6.45, 7) is 1.42. The molecule has 0 fully saturated rings. The highest BCUT2D eigenvalue weighted by atomic mass is 16.6. The van der Waals surface area contributed by atoms with E-state index in [9.17, 15) is 19.2 Å². The van der Waals surface area contributed by atoms with Crippen LogP contribution in [0.4, 0.5) is 5.69 Å². The first-order chi connectivity index (χ1) is 14.0. The van der Waals surface area contributed by atoms with Gasteiger partial charge in [-0.15, -0.1) is 0 Å². The van der Waals surface area contributed by atoms with Crippen LogP contribution in [0.15, 0.2) is 65.3 Å². The second kappa shape index (κ2) is 7.20. The molecule has 2 aromatic carbocycles. The van der Waals surface area contributed by atoms with Crippen LogP contribution < -0.4 is 5.32 Å². The molecule has 1 atom stereocenters. The van der Waals surface area contributed by atoms with Crippen molar-refractivity contribution in [1.82, 2.24) is 0 Å². The molecular formula is C22H15NO6. The summed E-state index contributed by atoms with van der Waals surface area (Å²) < 4.78 is 9.99. The fraction of sp³-hybridized carbons (Fsp3) is 0.0909. The fourth-order valence-electron chi connectivity index (χ4n) is 3.09. The predicted octanol–water partition coefficient (Wildman–Crippen LogP) is 3.24. The van der Waals surface area contributed by atoms with Gasteiger partial charge in [-0.05, 0) is 37.3 Å². The lowest BCUT2D eigenvalue weighted by molar-refractivity contribution is -0.123. The van der Waals surface area contributed by atoms with Gasteiger partial charge in [0.15, 0.2) is 17.7 Å². The molecule has 3 aromatic rings. The van der Waals surface area contributed by atoms with Crippen molar-refractivity contribution < 1.29 is 28.3 Å². The van der Waals surface area contributed by atoms with Crippen LogP contribution in [-0.4, -0.2) is 29.5 Å². The summed E-state index contributed by atoms with van der Waals surface area (Å²) in [5, 5.41) is 2.59. The highest BCUT2D eigenvalue weighted by Gasteiger charge is 2.29. The third-order valence-corrected chi connectivity index (χ3v) is 4.57. The molecule has 1 heterocycles. The van der Waals surface area contributed by atoms with Gasteiger partial charge in [0, 0.05) is 27.9 Å². The summed E-state index contributed by atoms with van der Waals surface area (Å²) in [5.41, 5.74) is 1.50. The Kier molecular flexibility index (Phi) is 4.56. The Bertz CT molecular complexity index is 1150. The largest absolute Gasteiger partial charge is 0.457 e. The molecule has 144 valence electrons. The summed E-state index contributed by atoms with van der Waals surface area (Å²) in [6.07, 6.45) is 0.229. The normalized spacial score (nSPS) is 13.3. The van der Waals surface area contributed by atoms with Gasteiger partial charge in [-0.3, -0.25) is 14.4 Å². The van der Waals surface area contributed by atoms with E-state index in [4.69, 9.17) is 9.15 Å². The van der Waals surface area contributed by atoms with E-state index < -0.39 is 18.0 Å². The number of benzene rings is 2. The number of rotatable bonds is 4. The van der Waals surface area contributed by atoms with E-state index in [-0.39, 0.29) is 28.5 Å². The summed E-state index contributed by atoms with van der Waals surface area (Å²) in [5.74, 6) is -1.89. The standard InChI is InChI=1S/C22H15NO6/c1-12(29-22(27)18-7-4-10-28-18)21(26)23-13-8-9-16-17(11-13)20(25)15-6-3-2-5-14(15)19(16)24/h2-12H,1H3,(H,23,26). The minimum absolute atomic E-state index is 0.0128. The van der Waals surface area contributed by atoms with Gasteiger partial charge >= 0.3 is 5.97 Å². The van der Waals surface area contributed by atoms with Crippen LogP contribution in [0, 0.1) is 0 Å². The number of hydrogen-bond acceptors (Lipinski definition) is 6. The number of amides is 1. The smallest absolute Gasteiger partial charge is 0.374 e. The zero-order valence-electron chi connectivity index (χ0n) is 15.3. The number of anilines is 1. The van der Waals surface area contributed by atoms with Gasteiger partial charge in [-0.1, -0.05) is 24.3 Å². The number of nitrogens with one attached hydrogen (secondary N) is 1. The highest BCUT2D eigenvalue weighted by molar-refractivity contribution is 6.28. The van der Waals surface area contributed by atoms with Crippen molar-refractivity contribution in [2.75, 3.05) is 5.32 Å². The number of esters is 1. The maximum Gasteiger partial charge on any atom is 0.374 e. The molecule has 4 rings (SSSR count). The average Bonchev–Trinajstić information content (AvgIpc) is 3.27. The lowest BCUT2D eigenvalue weighted by Gasteiger charge is -2.18. The predicted molar refractivity (Wildman–Crippen MR) is 102 cm³/mol. The maximum atomic E-state index is 12.8. The van der Waals surface area contributed by atoms with E-state index in [0.717, 1.165) is 0 Å². The molecule has 0 radical (unpaired) electrons. The van der Waals surface area contributed by atoms with Crippen LogP contribution in [0.25, 0.3) is 0 Å². The molecule has 0 aliphatic heterocycles. The van der Waals surface area contributed by atoms with Crippen LogP contribution in [0.3, 0.4) is 0 Å². The quantitative estimate of drug-likeness (QED) is 0.538. The second-order valence-electron chi connectivity index (χ2n) is 6.48. The van der Waals surface area contributed by atoms with Gasteiger partial charge in [0.1, 0.15) is 0 Å². The van der Waals surface area contributed by atoms with Crippen LogP contribution in [0.1, 0.15) is 49.3 Å². The number of hydrogen-bond donors (Lipinski definition) is 1. The maximum absolute atomic E-state index is 12.8. The van der Waals surface area contributed by atoms with E-state index in [1.165, 1.54) is 43.5 Å².